The molecule has 1 heterocycles. The summed E-state index contributed by atoms with van der Waals surface area (Å²) in [5, 5.41) is 0. The van der Waals surface area contributed by atoms with E-state index in [0.717, 1.165) is 42.8 Å². The van der Waals surface area contributed by atoms with Gasteiger partial charge in [-0.2, -0.15) is 0 Å². The molecule has 2 aromatic rings. The predicted octanol–water partition coefficient (Wildman–Crippen LogP) is 2.80. The monoisotopic (exact) mass is 344 g/mol. The Morgan fingerprint density at radius 3 is 2.79 bits per heavy atom. The van der Waals surface area contributed by atoms with Crippen LogP contribution < -0.4 is 14.4 Å². The van der Waals surface area contributed by atoms with Gasteiger partial charge >= 0.3 is 0 Å². The topological polar surface area (TPSA) is 58.6 Å². The first kappa shape index (κ1) is 15.3. The Bertz CT molecular complexity index is 893. The van der Waals surface area contributed by atoms with Crippen molar-refractivity contribution in [2.24, 2.45) is 0 Å². The van der Waals surface area contributed by atoms with E-state index >= 15 is 0 Å². The van der Waals surface area contributed by atoms with Gasteiger partial charge in [0.2, 0.25) is 0 Å². The molecular formula is C18H20N2O3S. The summed E-state index contributed by atoms with van der Waals surface area (Å²) >= 11 is 0. The molecule has 0 unspecified atom stereocenters. The largest absolute Gasteiger partial charge is 0.490 e. The molecular weight excluding hydrogens is 324 g/mol. The maximum Gasteiger partial charge on any atom is 0.261 e. The second-order valence-corrected chi connectivity index (χ2v) is 8.02. The van der Waals surface area contributed by atoms with Gasteiger partial charge in [-0.1, -0.05) is 6.07 Å². The van der Waals surface area contributed by atoms with E-state index in [2.05, 4.69) is 9.62 Å². The van der Waals surface area contributed by atoms with Crippen LogP contribution in [0, 0.1) is 0 Å². The SMILES string of the molecule is CN1CCOc2ccc(NS(=O)(=O)c3ccc4c(c3)CCC4)cc21. The standard InChI is InChI=1S/C18H20N2O3S/c1-20-9-10-23-18-8-6-15(12-17(18)20)19-24(21,22)16-7-5-13-3-2-4-14(13)11-16/h5-8,11-12,19H,2-4,9-10H2,1H3. The van der Waals surface area contributed by atoms with Crippen LogP contribution >= 0.6 is 0 Å². The molecule has 0 amide bonds. The first-order valence-electron chi connectivity index (χ1n) is 8.15. The van der Waals surface area contributed by atoms with Crippen molar-refractivity contribution in [3.05, 3.63) is 47.5 Å². The van der Waals surface area contributed by atoms with Crippen LogP contribution in [-0.4, -0.2) is 28.6 Å². The Kier molecular flexibility index (Phi) is 3.64. The van der Waals surface area contributed by atoms with Gasteiger partial charge in [0, 0.05) is 7.05 Å². The molecule has 0 saturated heterocycles. The molecule has 126 valence electrons. The molecule has 4 rings (SSSR count). The Balaban J connectivity index is 1.63. The molecule has 0 saturated carbocycles. The minimum atomic E-state index is -3.59. The minimum Gasteiger partial charge on any atom is -0.490 e. The Morgan fingerprint density at radius 2 is 1.92 bits per heavy atom. The van der Waals surface area contributed by atoms with Gasteiger partial charge < -0.3 is 9.64 Å². The van der Waals surface area contributed by atoms with Crippen LogP contribution in [-0.2, 0) is 22.9 Å². The third kappa shape index (κ3) is 2.71. The number of nitrogens with zero attached hydrogens (tertiary/aromatic N) is 1. The van der Waals surface area contributed by atoms with Gasteiger partial charge in [0.25, 0.3) is 10.0 Å². The van der Waals surface area contributed by atoms with Gasteiger partial charge in [0.1, 0.15) is 12.4 Å². The minimum absolute atomic E-state index is 0.325. The third-order valence-corrected chi connectivity index (χ3v) is 6.07. The van der Waals surface area contributed by atoms with Gasteiger partial charge in [-0.05, 0) is 60.7 Å². The number of hydrogen-bond donors (Lipinski definition) is 1. The highest BCUT2D eigenvalue weighted by molar-refractivity contribution is 7.92. The predicted molar refractivity (Wildman–Crippen MR) is 94.5 cm³/mol. The maximum absolute atomic E-state index is 12.7. The second-order valence-electron chi connectivity index (χ2n) is 6.34. The van der Waals surface area contributed by atoms with Crippen LogP contribution in [0.25, 0.3) is 0 Å². The van der Waals surface area contributed by atoms with Gasteiger partial charge in [-0.15, -0.1) is 0 Å². The van der Waals surface area contributed by atoms with Crippen LogP contribution in [0.2, 0.25) is 0 Å². The smallest absolute Gasteiger partial charge is 0.261 e. The van der Waals surface area contributed by atoms with E-state index in [9.17, 15) is 8.42 Å². The molecule has 6 heteroatoms. The van der Waals surface area contributed by atoms with Crippen molar-refractivity contribution in [1.29, 1.82) is 0 Å². The van der Waals surface area contributed by atoms with Crippen LogP contribution in [0.15, 0.2) is 41.3 Å². The van der Waals surface area contributed by atoms with Crippen molar-refractivity contribution in [3.63, 3.8) is 0 Å². The highest BCUT2D eigenvalue weighted by Crippen LogP contribution is 2.34. The average Bonchev–Trinajstić information content (AvgIpc) is 3.03. The van der Waals surface area contributed by atoms with Gasteiger partial charge in [-0.25, -0.2) is 8.42 Å². The van der Waals surface area contributed by atoms with E-state index < -0.39 is 10.0 Å². The Labute approximate surface area is 142 Å². The normalized spacial score (nSPS) is 16.3. The fraction of sp³-hybridized carbons (Fsp3) is 0.333. The molecule has 1 N–H and O–H groups in total. The number of likely N-dealkylation sites (N-methyl/N-ethyl adjacent to an activating group) is 1. The van der Waals surface area contributed by atoms with Crippen molar-refractivity contribution in [2.45, 2.75) is 24.2 Å². The number of hydrogen-bond acceptors (Lipinski definition) is 4. The zero-order chi connectivity index (χ0) is 16.7. The molecule has 0 aromatic heterocycles. The number of ether oxygens (including phenoxy) is 1. The lowest BCUT2D eigenvalue weighted by molar-refractivity contribution is 0.311. The van der Waals surface area contributed by atoms with Crippen molar-refractivity contribution in [3.8, 4) is 5.75 Å². The van der Waals surface area contributed by atoms with E-state index in [1.807, 2.05) is 25.2 Å². The summed E-state index contributed by atoms with van der Waals surface area (Å²) in [6, 6.07) is 10.8. The summed E-state index contributed by atoms with van der Waals surface area (Å²) in [5.74, 6) is 0.782. The third-order valence-electron chi connectivity index (χ3n) is 4.69. The number of rotatable bonds is 3. The highest BCUT2D eigenvalue weighted by Gasteiger charge is 2.20. The molecule has 0 fully saturated rings. The van der Waals surface area contributed by atoms with Crippen molar-refractivity contribution in [1.82, 2.24) is 0 Å². The summed E-state index contributed by atoms with van der Waals surface area (Å²) < 4.78 is 33.7. The quantitative estimate of drug-likeness (QED) is 0.930. The fourth-order valence-electron chi connectivity index (χ4n) is 3.34. The summed E-state index contributed by atoms with van der Waals surface area (Å²) in [7, 11) is -1.62. The molecule has 0 radical (unpaired) electrons. The zero-order valence-corrected chi connectivity index (χ0v) is 14.4. The van der Waals surface area contributed by atoms with E-state index in [-0.39, 0.29) is 0 Å². The zero-order valence-electron chi connectivity index (χ0n) is 13.6. The molecule has 1 aliphatic heterocycles. The second kappa shape index (κ2) is 5.70. The molecule has 5 nitrogen and oxygen atoms in total. The van der Waals surface area contributed by atoms with Crippen LogP contribution in [0.1, 0.15) is 17.5 Å². The van der Waals surface area contributed by atoms with E-state index in [4.69, 9.17) is 4.74 Å². The molecule has 2 aromatic carbocycles. The number of benzene rings is 2. The summed E-state index contributed by atoms with van der Waals surface area (Å²) in [5.41, 5.74) is 3.86. The Morgan fingerprint density at radius 1 is 1.08 bits per heavy atom. The van der Waals surface area contributed by atoms with Crippen molar-refractivity contribution < 1.29 is 13.2 Å². The Hall–Kier alpha value is -2.21. The number of anilines is 2. The average molecular weight is 344 g/mol. The number of aryl methyl sites for hydroxylation is 2. The number of sulfonamides is 1. The maximum atomic E-state index is 12.7. The first-order valence-corrected chi connectivity index (χ1v) is 9.64. The van der Waals surface area contributed by atoms with Gasteiger partial charge in [-0.3, -0.25) is 4.72 Å². The molecule has 1 aliphatic carbocycles. The lowest BCUT2D eigenvalue weighted by Gasteiger charge is -2.28. The number of nitrogens with one attached hydrogen (secondary N) is 1. The molecule has 0 bridgehead atoms. The molecule has 0 atom stereocenters. The van der Waals surface area contributed by atoms with Gasteiger partial charge in [0.15, 0.2) is 0 Å². The first-order chi connectivity index (χ1) is 11.5. The summed E-state index contributed by atoms with van der Waals surface area (Å²) in [6.07, 6.45) is 3.10. The molecule has 24 heavy (non-hydrogen) atoms. The molecule has 2 aliphatic rings. The molecule has 0 spiro atoms. The van der Waals surface area contributed by atoms with E-state index in [1.165, 1.54) is 5.56 Å². The lowest BCUT2D eigenvalue weighted by atomic mass is 10.1. The lowest BCUT2D eigenvalue weighted by Crippen LogP contribution is -2.28. The van der Waals surface area contributed by atoms with E-state index in [1.54, 1.807) is 18.2 Å². The highest BCUT2D eigenvalue weighted by atomic mass is 32.2. The van der Waals surface area contributed by atoms with Crippen molar-refractivity contribution in [2.75, 3.05) is 29.8 Å². The van der Waals surface area contributed by atoms with Crippen LogP contribution in [0.3, 0.4) is 0 Å². The van der Waals surface area contributed by atoms with Crippen LogP contribution in [0.4, 0.5) is 11.4 Å². The van der Waals surface area contributed by atoms with E-state index in [0.29, 0.717) is 17.2 Å². The fourth-order valence-corrected chi connectivity index (χ4v) is 4.44. The number of fused-ring (bicyclic) bond motifs is 2. The van der Waals surface area contributed by atoms with Crippen LogP contribution in [0.5, 0.6) is 5.75 Å². The van der Waals surface area contributed by atoms with Crippen molar-refractivity contribution >= 4 is 21.4 Å². The summed E-state index contributed by atoms with van der Waals surface area (Å²) in [6.45, 7) is 1.43. The summed E-state index contributed by atoms with van der Waals surface area (Å²) in [4.78, 5) is 2.39. The van der Waals surface area contributed by atoms with Gasteiger partial charge in [0.05, 0.1) is 22.8 Å².